The summed E-state index contributed by atoms with van der Waals surface area (Å²) in [5.41, 5.74) is 6.82. The summed E-state index contributed by atoms with van der Waals surface area (Å²) in [7, 11) is 0. The van der Waals surface area contributed by atoms with Crippen molar-refractivity contribution in [3.05, 3.63) is 53.3 Å². The number of nitrogens with two attached hydrogens (primary N) is 1. The Hall–Kier alpha value is -1.85. The van der Waals surface area contributed by atoms with Gasteiger partial charge < -0.3 is 5.73 Å². The van der Waals surface area contributed by atoms with Crippen LogP contribution in [0.25, 0.3) is 0 Å². The maximum atomic E-state index is 12.0. The molecular formula is C12H11ClN4O. The molecule has 0 spiro atoms. The van der Waals surface area contributed by atoms with E-state index in [4.69, 9.17) is 17.3 Å². The molecule has 1 atom stereocenters. The van der Waals surface area contributed by atoms with E-state index in [1.165, 1.54) is 6.33 Å². The van der Waals surface area contributed by atoms with Crippen molar-refractivity contribution >= 4 is 17.4 Å². The predicted molar refractivity (Wildman–Crippen MR) is 67.3 cm³/mol. The van der Waals surface area contributed by atoms with Crippen LogP contribution in [0.1, 0.15) is 16.2 Å². The van der Waals surface area contributed by atoms with Gasteiger partial charge in [-0.1, -0.05) is 30.3 Å². The summed E-state index contributed by atoms with van der Waals surface area (Å²) in [5.74, 6) is -0.346. The quantitative estimate of drug-likeness (QED) is 0.840. The Labute approximate surface area is 109 Å². The van der Waals surface area contributed by atoms with Crippen molar-refractivity contribution in [2.75, 3.05) is 0 Å². The Balaban J connectivity index is 2.10. The molecule has 0 saturated heterocycles. The molecule has 0 bridgehead atoms. The fraction of sp³-hybridized carbons (Fsp3) is 0.167. The SMILES string of the molecule is N[C@@H](Cc1ccccc1)C(=O)c1ncnc(Cl)n1. The lowest BCUT2D eigenvalue weighted by atomic mass is 10.0. The first-order valence-electron chi connectivity index (χ1n) is 5.35. The second kappa shape index (κ2) is 5.66. The van der Waals surface area contributed by atoms with Crippen LogP contribution in [0, 0.1) is 0 Å². The van der Waals surface area contributed by atoms with Crippen molar-refractivity contribution in [1.29, 1.82) is 0 Å². The van der Waals surface area contributed by atoms with E-state index in [0.717, 1.165) is 5.56 Å². The lowest BCUT2D eigenvalue weighted by Crippen LogP contribution is -2.34. The highest BCUT2D eigenvalue weighted by atomic mass is 35.5. The molecule has 2 N–H and O–H groups in total. The summed E-state index contributed by atoms with van der Waals surface area (Å²) < 4.78 is 0. The van der Waals surface area contributed by atoms with Crippen LogP contribution in [0.5, 0.6) is 0 Å². The average Bonchev–Trinajstić information content (AvgIpc) is 2.39. The number of nitrogens with zero attached hydrogens (tertiary/aromatic N) is 3. The molecule has 0 saturated carbocycles. The molecule has 0 unspecified atom stereocenters. The minimum atomic E-state index is -0.689. The van der Waals surface area contributed by atoms with Crippen molar-refractivity contribution < 1.29 is 4.79 Å². The number of benzene rings is 1. The van der Waals surface area contributed by atoms with E-state index in [1.54, 1.807) is 0 Å². The third-order valence-electron chi connectivity index (χ3n) is 2.40. The zero-order chi connectivity index (χ0) is 13.0. The van der Waals surface area contributed by atoms with Crippen LogP contribution in [-0.4, -0.2) is 26.8 Å². The molecule has 5 nitrogen and oxygen atoms in total. The molecule has 0 aliphatic carbocycles. The van der Waals surface area contributed by atoms with Crippen LogP contribution in [0.3, 0.4) is 0 Å². The molecule has 1 aromatic carbocycles. The van der Waals surface area contributed by atoms with Crippen molar-refractivity contribution in [2.24, 2.45) is 5.73 Å². The molecule has 1 aromatic heterocycles. The van der Waals surface area contributed by atoms with E-state index in [9.17, 15) is 4.79 Å². The van der Waals surface area contributed by atoms with Gasteiger partial charge in [0, 0.05) is 0 Å². The fourth-order valence-electron chi connectivity index (χ4n) is 1.52. The number of rotatable bonds is 4. The number of Topliss-reactive ketones (excluding diaryl/α,β-unsaturated/α-hetero) is 1. The summed E-state index contributed by atoms with van der Waals surface area (Å²) in [6.45, 7) is 0. The summed E-state index contributed by atoms with van der Waals surface area (Å²) in [5, 5.41) is -0.0136. The number of carbonyl (C=O) groups is 1. The summed E-state index contributed by atoms with van der Waals surface area (Å²) in [6.07, 6.45) is 1.63. The largest absolute Gasteiger partial charge is 0.321 e. The van der Waals surface area contributed by atoms with Gasteiger partial charge in [-0.05, 0) is 23.6 Å². The predicted octanol–water partition coefficient (Wildman–Crippen LogP) is 1.28. The van der Waals surface area contributed by atoms with E-state index >= 15 is 0 Å². The lowest BCUT2D eigenvalue weighted by molar-refractivity contribution is 0.0950. The minimum Gasteiger partial charge on any atom is -0.321 e. The third kappa shape index (κ3) is 3.09. The Bertz CT molecular complexity index is 547. The summed E-state index contributed by atoms with van der Waals surface area (Å²) in [6, 6.07) is 8.83. The van der Waals surface area contributed by atoms with Gasteiger partial charge in [0.05, 0.1) is 6.04 Å². The molecule has 0 aliphatic heterocycles. The molecule has 2 aromatic rings. The average molecular weight is 263 g/mol. The molecule has 92 valence electrons. The third-order valence-corrected chi connectivity index (χ3v) is 2.58. The fourth-order valence-corrected chi connectivity index (χ4v) is 1.65. The van der Waals surface area contributed by atoms with Gasteiger partial charge in [0.2, 0.25) is 16.9 Å². The van der Waals surface area contributed by atoms with Crippen molar-refractivity contribution in [2.45, 2.75) is 12.5 Å². The van der Waals surface area contributed by atoms with Crippen LogP contribution in [-0.2, 0) is 6.42 Å². The first kappa shape index (κ1) is 12.6. The molecule has 0 aliphatic rings. The highest BCUT2D eigenvalue weighted by Gasteiger charge is 2.19. The van der Waals surface area contributed by atoms with Crippen molar-refractivity contribution in [3.63, 3.8) is 0 Å². The van der Waals surface area contributed by atoms with Gasteiger partial charge in [0.1, 0.15) is 6.33 Å². The van der Waals surface area contributed by atoms with Gasteiger partial charge in [-0.15, -0.1) is 0 Å². The second-order valence-corrected chi connectivity index (χ2v) is 4.08. The van der Waals surface area contributed by atoms with Gasteiger partial charge in [0.25, 0.3) is 0 Å². The Morgan fingerprint density at radius 2 is 2.00 bits per heavy atom. The van der Waals surface area contributed by atoms with Crippen molar-refractivity contribution in [1.82, 2.24) is 15.0 Å². The minimum absolute atomic E-state index is 0.00145. The smallest absolute Gasteiger partial charge is 0.226 e. The van der Waals surface area contributed by atoms with Gasteiger partial charge in [-0.25, -0.2) is 9.97 Å². The zero-order valence-electron chi connectivity index (χ0n) is 9.45. The van der Waals surface area contributed by atoms with Gasteiger partial charge in [0.15, 0.2) is 0 Å². The first-order chi connectivity index (χ1) is 8.66. The Morgan fingerprint density at radius 1 is 1.28 bits per heavy atom. The molecule has 0 amide bonds. The molecule has 6 heteroatoms. The van der Waals surface area contributed by atoms with Crippen LogP contribution < -0.4 is 5.73 Å². The van der Waals surface area contributed by atoms with Crippen molar-refractivity contribution in [3.8, 4) is 0 Å². The highest BCUT2D eigenvalue weighted by molar-refractivity contribution is 6.28. The summed E-state index contributed by atoms with van der Waals surface area (Å²) >= 11 is 5.60. The maximum Gasteiger partial charge on any atom is 0.226 e. The van der Waals surface area contributed by atoms with E-state index in [-0.39, 0.29) is 16.9 Å². The van der Waals surface area contributed by atoms with Crippen LogP contribution in [0.15, 0.2) is 36.7 Å². The number of ketones is 1. The molecule has 18 heavy (non-hydrogen) atoms. The van der Waals surface area contributed by atoms with Gasteiger partial charge in [-0.3, -0.25) is 4.79 Å². The van der Waals surface area contributed by atoms with E-state index < -0.39 is 6.04 Å². The molecule has 0 radical (unpaired) electrons. The summed E-state index contributed by atoms with van der Waals surface area (Å²) in [4.78, 5) is 23.1. The second-order valence-electron chi connectivity index (χ2n) is 3.74. The first-order valence-corrected chi connectivity index (χ1v) is 5.73. The Morgan fingerprint density at radius 3 is 2.67 bits per heavy atom. The number of hydrogen-bond acceptors (Lipinski definition) is 5. The molecule has 1 heterocycles. The van der Waals surface area contributed by atoms with E-state index in [0.29, 0.717) is 6.42 Å². The van der Waals surface area contributed by atoms with Gasteiger partial charge >= 0.3 is 0 Å². The van der Waals surface area contributed by atoms with E-state index in [2.05, 4.69) is 15.0 Å². The lowest BCUT2D eigenvalue weighted by Gasteiger charge is -2.09. The normalized spacial score (nSPS) is 12.1. The molecule has 0 fully saturated rings. The van der Waals surface area contributed by atoms with Gasteiger partial charge in [-0.2, -0.15) is 4.98 Å². The zero-order valence-corrected chi connectivity index (χ0v) is 10.2. The van der Waals surface area contributed by atoms with Crippen LogP contribution >= 0.6 is 11.6 Å². The number of hydrogen-bond donors (Lipinski definition) is 1. The number of aromatic nitrogens is 3. The monoisotopic (exact) mass is 262 g/mol. The maximum absolute atomic E-state index is 12.0. The Kier molecular flexibility index (Phi) is 3.96. The molecule has 2 rings (SSSR count). The topological polar surface area (TPSA) is 81.8 Å². The van der Waals surface area contributed by atoms with Crippen LogP contribution in [0.4, 0.5) is 0 Å². The highest BCUT2D eigenvalue weighted by Crippen LogP contribution is 2.06. The number of halogens is 1. The van der Waals surface area contributed by atoms with Crippen LogP contribution in [0.2, 0.25) is 5.28 Å². The van der Waals surface area contributed by atoms with E-state index in [1.807, 2.05) is 30.3 Å². The molecular weight excluding hydrogens is 252 g/mol. The number of carbonyl (C=O) groups excluding carboxylic acids is 1. The standard InChI is InChI=1S/C12H11ClN4O/c13-12-16-7-15-11(17-12)10(18)9(14)6-8-4-2-1-3-5-8/h1-5,7,9H,6,14H2/t9-/m0/s1.